The van der Waals surface area contributed by atoms with Crippen LogP contribution in [-0.2, 0) is 22.5 Å². The lowest BCUT2D eigenvalue weighted by molar-refractivity contribution is -0.280. The zero-order valence-corrected chi connectivity index (χ0v) is 23.0. The minimum atomic E-state index is -1.74. The summed E-state index contributed by atoms with van der Waals surface area (Å²) in [5, 5.41) is 26.6. The first kappa shape index (κ1) is 28.9. The molecule has 2 fully saturated rings. The third kappa shape index (κ3) is 7.19. The molecule has 0 aromatic heterocycles. The molecule has 1 saturated heterocycles. The van der Waals surface area contributed by atoms with Gasteiger partial charge in [-0.3, -0.25) is 0 Å². The van der Waals surface area contributed by atoms with Gasteiger partial charge in [-0.2, -0.15) is 0 Å². The van der Waals surface area contributed by atoms with Crippen molar-refractivity contribution in [2.24, 2.45) is 5.11 Å². The van der Waals surface area contributed by atoms with Crippen LogP contribution in [0.1, 0.15) is 43.2 Å². The summed E-state index contributed by atoms with van der Waals surface area (Å²) in [7, 11) is 0. The van der Waals surface area contributed by atoms with E-state index in [4.69, 9.17) is 18.9 Å². The zero-order chi connectivity index (χ0) is 28.5. The third-order valence-electron chi connectivity index (χ3n) is 7.79. The van der Waals surface area contributed by atoms with Crippen LogP contribution in [-0.4, -0.2) is 53.1 Å². The molecule has 1 heterocycles. The van der Waals surface area contributed by atoms with E-state index in [1.807, 2.05) is 72.8 Å². The molecule has 9 heteroatoms. The van der Waals surface area contributed by atoms with E-state index in [2.05, 4.69) is 10.0 Å². The van der Waals surface area contributed by atoms with Crippen LogP contribution >= 0.6 is 0 Å². The largest absolute Gasteiger partial charge is 0.490 e. The minimum Gasteiger partial charge on any atom is -0.490 e. The van der Waals surface area contributed by atoms with Gasteiger partial charge in [-0.15, -0.1) is 0 Å². The van der Waals surface area contributed by atoms with Crippen molar-refractivity contribution in [3.63, 3.8) is 0 Å². The van der Waals surface area contributed by atoms with Gasteiger partial charge in [0, 0.05) is 11.3 Å². The molecular formula is C32H37N3O6. The second-order valence-electron chi connectivity index (χ2n) is 10.7. The van der Waals surface area contributed by atoms with Crippen molar-refractivity contribution in [1.29, 1.82) is 0 Å². The lowest BCUT2D eigenvalue weighted by atomic mass is 9.78. The van der Waals surface area contributed by atoms with Gasteiger partial charge in [-0.25, -0.2) is 0 Å². The number of azide groups is 1. The summed E-state index contributed by atoms with van der Waals surface area (Å²) in [5.41, 5.74) is 9.35. The predicted molar refractivity (Wildman–Crippen MR) is 153 cm³/mol. The van der Waals surface area contributed by atoms with Crippen molar-refractivity contribution in [2.45, 2.75) is 81.4 Å². The first-order chi connectivity index (χ1) is 20.1. The van der Waals surface area contributed by atoms with Crippen molar-refractivity contribution in [2.75, 3.05) is 6.61 Å². The van der Waals surface area contributed by atoms with E-state index >= 15 is 0 Å². The Hall–Kier alpha value is -3.59. The number of ether oxygens (including phenoxy) is 4. The molecule has 2 aliphatic rings. The predicted octanol–water partition coefficient (Wildman–Crippen LogP) is 5.73. The van der Waals surface area contributed by atoms with Crippen LogP contribution in [0.15, 0.2) is 90.0 Å². The van der Waals surface area contributed by atoms with Gasteiger partial charge >= 0.3 is 0 Å². The van der Waals surface area contributed by atoms with Gasteiger partial charge in [0.1, 0.15) is 29.3 Å². The van der Waals surface area contributed by atoms with Gasteiger partial charge in [0.2, 0.25) is 0 Å². The van der Waals surface area contributed by atoms with Crippen molar-refractivity contribution >= 4 is 0 Å². The summed E-state index contributed by atoms with van der Waals surface area (Å²) in [6, 6.07) is 26.2. The van der Waals surface area contributed by atoms with Crippen LogP contribution in [0.3, 0.4) is 0 Å². The average Bonchev–Trinajstić information content (AvgIpc) is 3.01. The van der Waals surface area contributed by atoms with E-state index in [1.54, 1.807) is 12.1 Å². The Morgan fingerprint density at radius 1 is 0.829 bits per heavy atom. The number of nitrogens with zero attached hydrogens (tertiary/aromatic N) is 3. The van der Waals surface area contributed by atoms with Gasteiger partial charge < -0.3 is 29.2 Å². The normalized spacial score (nSPS) is 26.6. The molecule has 1 aliphatic carbocycles. The highest BCUT2D eigenvalue weighted by molar-refractivity contribution is 5.32. The number of aliphatic hydroxyl groups excluding tert-OH is 1. The molecule has 3 aromatic carbocycles. The molecule has 9 nitrogen and oxygen atoms in total. The van der Waals surface area contributed by atoms with E-state index in [0.29, 0.717) is 5.75 Å². The van der Waals surface area contributed by atoms with E-state index in [1.165, 1.54) is 19.3 Å². The number of hydrogen-bond donors (Lipinski definition) is 2. The van der Waals surface area contributed by atoms with Gasteiger partial charge in [-0.1, -0.05) is 72.2 Å². The molecule has 41 heavy (non-hydrogen) atoms. The van der Waals surface area contributed by atoms with E-state index in [-0.39, 0.29) is 19.1 Å². The summed E-state index contributed by atoms with van der Waals surface area (Å²) in [5.74, 6) is 1.20. The smallest absolute Gasteiger partial charge is 0.176 e. The van der Waals surface area contributed by atoms with Gasteiger partial charge in [0.05, 0.1) is 19.3 Å². The molecule has 2 N–H and O–H groups in total. The Bertz CT molecular complexity index is 1270. The molecule has 3 aromatic rings. The molecule has 5 rings (SSSR count). The average molecular weight is 560 g/mol. The van der Waals surface area contributed by atoms with E-state index in [0.717, 1.165) is 29.7 Å². The Labute approximate surface area is 240 Å². The van der Waals surface area contributed by atoms with E-state index < -0.39 is 36.7 Å². The lowest BCUT2D eigenvalue weighted by Gasteiger charge is -2.50. The van der Waals surface area contributed by atoms with Crippen molar-refractivity contribution in [3.05, 3.63) is 106 Å². The number of hydrogen-bond acceptors (Lipinski definition) is 7. The quantitative estimate of drug-likeness (QED) is 0.175. The van der Waals surface area contributed by atoms with Crippen molar-refractivity contribution in [1.82, 2.24) is 0 Å². The molecule has 0 amide bonds. The highest BCUT2D eigenvalue weighted by Crippen LogP contribution is 2.39. The highest BCUT2D eigenvalue weighted by Gasteiger charge is 2.58. The Balaban J connectivity index is 1.44. The molecule has 0 bridgehead atoms. The second-order valence-corrected chi connectivity index (χ2v) is 10.7. The second kappa shape index (κ2) is 13.9. The number of rotatable bonds is 11. The summed E-state index contributed by atoms with van der Waals surface area (Å²) in [4.78, 5) is 2.96. The van der Waals surface area contributed by atoms with Crippen LogP contribution < -0.4 is 9.47 Å². The standard InChI is InChI=1S/C32H37N3O6/c33-35-34-31-30(40-27-18-16-26(17-19-27)39-25-14-8-3-9-15-25)32(37,20-23-10-4-1-5-11-23)29(28(21-36)41-31)38-22-24-12-6-2-7-13-24/h1-2,4-7,10-13,16-19,25,28-31,36-37H,3,8-9,14-15,20-22H2/t28-,29-,30+,31+,32+/m1/s1. The maximum absolute atomic E-state index is 12.5. The Morgan fingerprint density at radius 2 is 1.44 bits per heavy atom. The first-order valence-corrected chi connectivity index (χ1v) is 14.2. The minimum absolute atomic E-state index is 0.109. The topological polar surface area (TPSA) is 126 Å². The number of benzene rings is 3. The lowest BCUT2D eigenvalue weighted by Crippen LogP contribution is -2.69. The summed E-state index contributed by atoms with van der Waals surface area (Å²) in [6.45, 7) is -0.275. The molecule has 0 radical (unpaired) electrons. The maximum atomic E-state index is 12.5. The van der Waals surface area contributed by atoms with Crippen molar-refractivity contribution in [3.8, 4) is 11.5 Å². The molecule has 0 unspecified atom stereocenters. The van der Waals surface area contributed by atoms with Gasteiger partial charge in [0.15, 0.2) is 12.3 Å². The van der Waals surface area contributed by atoms with Crippen molar-refractivity contribution < 1.29 is 29.2 Å². The van der Waals surface area contributed by atoms with Crippen LogP contribution in [0.2, 0.25) is 0 Å². The van der Waals surface area contributed by atoms with E-state index in [9.17, 15) is 15.7 Å². The molecule has 5 atom stereocenters. The Kier molecular flexibility index (Phi) is 9.77. The summed E-state index contributed by atoms with van der Waals surface area (Å²) < 4.78 is 24.8. The fourth-order valence-corrected chi connectivity index (χ4v) is 5.74. The van der Waals surface area contributed by atoms with Gasteiger partial charge in [0.25, 0.3) is 0 Å². The SMILES string of the molecule is [N-]=[N+]=N[C@H]1O[C@H](CO)[C@@H](OCc2ccccc2)[C@@](O)(Cc2ccccc2)[C@H]1Oc1ccc(OC2CCCCC2)cc1. The highest BCUT2D eigenvalue weighted by atomic mass is 16.6. The van der Waals surface area contributed by atoms with Crippen LogP contribution in [0.4, 0.5) is 0 Å². The zero-order valence-electron chi connectivity index (χ0n) is 23.0. The third-order valence-corrected chi connectivity index (χ3v) is 7.79. The molecule has 1 saturated carbocycles. The Morgan fingerprint density at radius 3 is 2.05 bits per heavy atom. The first-order valence-electron chi connectivity index (χ1n) is 14.2. The molecule has 1 aliphatic heterocycles. The van der Waals surface area contributed by atoms with Crippen LogP contribution in [0.5, 0.6) is 11.5 Å². The fourth-order valence-electron chi connectivity index (χ4n) is 5.74. The fraction of sp³-hybridized carbons (Fsp3) is 0.438. The van der Waals surface area contributed by atoms with Gasteiger partial charge in [-0.05, 0) is 66.6 Å². The van der Waals surface area contributed by atoms with Crippen LogP contribution in [0, 0.1) is 0 Å². The summed E-state index contributed by atoms with van der Waals surface area (Å²) >= 11 is 0. The van der Waals surface area contributed by atoms with Crippen LogP contribution in [0.25, 0.3) is 10.4 Å². The molecule has 0 spiro atoms. The monoisotopic (exact) mass is 559 g/mol. The molecular weight excluding hydrogens is 522 g/mol. The molecule has 216 valence electrons. The maximum Gasteiger partial charge on any atom is 0.176 e. The number of aliphatic hydroxyl groups is 2. The summed E-state index contributed by atoms with van der Waals surface area (Å²) in [6.07, 6.45) is 1.69.